The predicted molar refractivity (Wildman–Crippen MR) is 84.6 cm³/mol. The molecular formula is C16H31N3O2. The van der Waals surface area contributed by atoms with E-state index < -0.39 is 6.04 Å². The molecular weight excluding hydrogens is 266 g/mol. The van der Waals surface area contributed by atoms with Crippen LogP contribution in [0.4, 0.5) is 0 Å². The third kappa shape index (κ3) is 6.46. The van der Waals surface area contributed by atoms with E-state index in [1.54, 1.807) is 6.92 Å². The molecule has 0 saturated heterocycles. The van der Waals surface area contributed by atoms with E-state index >= 15 is 0 Å². The number of nitrogens with one attached hydrogen (secondary N) is 2. The summed E-state index contributed by atoms with van der Waals surface area (Å²) in [5, 5.41) is 5.74. The summed E-state index contributed by atoms with van der Waals surface area (Å²) in [4.78, 5) is 24.3. The lowest BCUT2D eigenvalue weighted by Crippen LogP contribution is -2.52. The second-order valence-corrected chi connectivity index (χ2v) is 7.28. The van der Waals surface area contributed by atoms with Gasteiger partial charge in [0, 0.05) is 11.5 Å². The maximum atomic E-state index is 12.3. The Morgan fingerprint density at radius 2 is 1.95 bits per heavy atom. The van der Waals surface area contributed by atoms with Crippen LogP contribution in [-0.4, -0.2) is 29.9 Å². The van der Waals surface area contributed by atoms with Crippen LogP contribution in [0, 0.1) is 11.8 Å². The highest BCUT2D eigenvalue weighted by atomic mass is 16.2. The van der Waals surface area contributed by atoms with Crippen molar-refractivity contribution < 1.29 is 9.59 Å². The molecule has 0 aromatic carbocycles. The fourth-order valence-electron chi connectivity index (χ4n) is 2.90. The molecule has 5 nitrogen and oxygen atoms in total. The minimum atomic E-state index is -0.494. The molecule has 1 aliphatic rings. The summed E-state index contributed by atoms with van der Waals surface area (Å²) in [5.41, 5.74) is 5.32. The Bertz CT molecular complexity index is 361. The molecule has 1 saturated carbocycles. The van der Waals surface area contributed by atoms with E-state index in [1.165, 1.54) is 6.42 Å². The van der Waals surface area contributed by atoms with Gasteiger partial charge in [0.25, 0.3) is 0 Å². The summed E-state index contributed by atoms with van der Waals surface area (Å²) in [6.07, 6.45) is 5.05. The van der Waals surface area contributed by atoms with Crippen LogP contribution in [0.5, 0.6) is 0 Å². The third-order valence-corrected chi connectivity index (χ3v) is 3.98. The first-order valence-electron chi connectivity index (χ1n) is 8.05. The number of nitrogens with two attached hydrogens (primary N) is 1. The number of amides is 2. The quantitative estimate of drug-likeness (QED) is 0.720. The van der Waals surface area contributed by atoms with Gasteiger partial charge in [-0.05, 0) is 59.4 Å². The van der Waals surface area contributed by atoms with Crippen molar-refractivity contribution in [3.63, 3.8) is 0 Å². The molecule has 1 aliphatic carbocycles. The Balaban J connectivity index is 2.46. The minimum absolute atomic E-state index is 0.00767. The van der Waals surface area contributed by atoms with Gasteiger partial charge < -0.3 is 16.4 Å². The lowest BCUT2D eigenvalue weighted by atomic mass is 9.79. The van der Waals surface area contributed by atoms with Gasteiger partial charge in [-0.15, -0.1) is 0 Å². The molecule has 0 aromatic rings. The Labute approximate surface area is 128 Å². The first-order valence-corrected chi connectivity index (χ1v) is 8.05. The number of hydrogen-bond donors (Lipinski definition) is 3. The highest BCUT2D eigenvalue weighted by Crippen LogP contribution is 2.30. The Kier molecular flexibility index (Phi) is 6.65. The molecule has 1 rings (SSSR count). The zero-order valence-electron chi connectivity index (χ0n) is 13.9. The lowest BCUT2D eigenvalue weighted by Gasteiger charge is -2.29. The average Bonchev–Trinajstić information content (AvgIpc) is 2.37. The molecule has 0 aliphatic heterocycles. The van der Waals surface area contributed by atoms with Gasteiger partial charge in [0.1, 0.15) is 6.04 Å². The molecule has 3 unspecified atom stereocenters. The Hall–Kier alpha value is -1.10. The van der Waals surface area contributed by atoms with Crippen molar-refractivity contribution >= 4 is 11.8 Å². The molecule has 21 heavy (non-hydrogen) atoms. The zero-order chi connectivity index (χ0) is 16.0. The molecule has 0 aromatic heterocycles. The number of carbonyl (C=O) groups is 2. The lowest BCUT2D eigenvalue weighted by molar-refractivity contribution is -0.132. The summed E-state index contributed by atoms with van der Waals surface area (Å²) < 4.78 is 0. The Morgan fingerprint density at radius 1 is 1.29 bits per heavy atom. The van der Waals surface area contributed by atoms with Crippen molar-refractivity contribution in [2.24, 2.45) is 17.6 Å². The molecule has 3 atom stereocenters. The molecule has 122 valence electrons. The third-order valence-electron chi connectivity index (χ3n) is 3.98. The van der Waals surface area contributed by atoms with Crippen LogP contribution >= 0.6 is 0 Å². The largest absolute Gasteiger partial charge is 0.350 e. The topological polar surface area (TPSA) is 84.2 Å². The van der Waals surface area contributed by atoms with Crippen LogP contribution in [-0.2, 0) is 9.59 Å². The van der Waals surface area contributed by atoms with Crippen molar-refractivity contribution in [3.8, 4) is 0 Å². The van der Waals surface area contributed by atoms with Gasteiger partial charge in [-0.1, -0.05) is 12.8 Å². The Morgan fingerprint density at radius 3 is 2.52 bits per heavy atom. The molecule has 1 fully saturated rings. The summed E-state index contributed by atoms with van der Waals surface area (Å²) in [6, 6.07) is -0.494. The summed E-state index contributed by atoms with van der Waals surface area (Å²) in [6.45, 7) is 8.20. The van der Waals surface area contributed by atoms with Crippen LogP contribution in [0.3, 0.4) is 0 Å². The summed E-state index contributed by atoms with van der Waals surface area (Å²) >= 11 is 0. The average molecular weight is 297 g/mol. The van der Waals surface area contributed by atoms with E-state index in [4.69, 9.17) is 5.73 Å². The first kappa shape index (κ1) is 18.0. The summed E-state index contributed by atoms with van der Waals surface area (Å²) in [7, 11) is 0. The molecule has 2 amide bonds. The minimum Gasteiger partial charge on any atom is -0.350 e. The van der Waals surface area contributed by atoms with E-state index in [9.17, 15) is 9.59 Å². The SMILES string of the molecule is CC(NC(=O)C1CCCC(CCN)C1)C(=O)NC(C)(C)C. The number of rotatable bonds is 5. The van der Waals surface area contributed by atoms with Gasteiger partial charge in [0.2, 0.25) is 11.8 Å². The molecule has 0 radical (unpaired) electrons. The van der Waals surface area contributed by atoms with Crippen molar-refractivity contribution in [1.82, 2.24) is 10.6 Å². The summed E-state index contributed by atoms with van der Waals surface area (Å²) in [5.74, 6) is 0.455. The maximum Gasteiger partial charge on any atom is 0.242 e. The van der Waals surface area contributed by atoms with Crippen LogP contribution in [0.2, 0.25) is 0 Å². The zero-order valence-corrected chi connectivity index (χ0v) is 13.9. The van der Waals surface area contributed by atoms with E-state index in [1.807, 2.05) is 20.8 Å². The van der Waals surface area contributed by atoms with Gasteiger partial charge >= 0.3 is 0 Å². The highest BCUT2D eigenvalue weighted by molar-refractivity contribution is 5.88. The van der Waals surface area contributed by atoms with E-state index in [0.717, 1.165) is 25.7 Å². The molecule has 5 heteroatoms. The standard InChI is InChI=1S/C16H31N3O2/c1-11(14(20)19-16(2,3)4)18-15(21)13-7-5-6-12(10-13)8-9-17/h11-13H,5-10,17H2,1-4H3,(H,18,21)(H,19,20). The second-order valence-electron chi connectivity index (χ2n) is 7.28. The fraction of sp³-hybridized carbons (Fsp3) is 0.875. The van der Waals surface area contributed by atoms with Crippen LogP contribution in [0.25, 0.3) is 0 Å². The van der Waals surface area contributed by atoms with E-state index in [0.29, 0.717) is 12.5 Å². The second kappa shape index (κ2) is 7.78. The normalized spacial score (nSPS) is 24.2. The van der Waals surface area contributed by atoms with Crippen molar-refractivity contribution in [2.45, 2.75) is 71.4 Å². The number of hydrogen-bond acceptors (Lipinski definition) is 3. The van der Waals surface area contributed by atoms with Gasteiger partial charge in [-0.3, -0.25) is 9.59 Å². The molecule has 0 spiro atoms. The van der Waals surface area contributed by atoms with Gasteiger partial charge in [0.05, 0.1) is 0 Å². The van der Waals surface area contributed by atoms with E-state index in [-0.39, 0.29) is 23.3 Å². The van der Waals surface area contributed by atoms with Crippen molar-refractivity contribution in [1.29, 1.82) is 0 Å². The van der Waals surface area contributed by atoms with Gasteiger partial charge in [0.15, 0.2) is 0 Å². The van der Waals surface area contributed by atoms with Gasteiger partial charge in [-0.25, -0.2) is 0 Å². The van der Waals surface area contributed by atoms with Gasteiger partial charge in [-0.2, -0.15) is 0 Å². The number of carbonyl (C=O) groups excluding carboxylic acids is 2. The monoisotopic (exact) mass is 297 g/mol. The molecule has 0 heterocycles. The van der Waals surface area contributed by atoms with Crippen LogP contribution in [0.15, 0.2) is 0 Å². The van der Waals surface area contributed by atoms with Crippen molar-refractivity contribution in [3.05, 3.63) is 0 Å². The van der Waals surface area contributed by atoms with E-state index in [2.05, 4.69) is 10.6 Å². The van der Waals surface area contributed by atoms with Crippen LogP contribution < -0.4 is 16.4 Å². The first-order chi connectivity index (χ1) is 9.73. The molecule has 4 N–H and O–H groups in total. The molecule has 0 bridgehead atoms. The predicted octanol–water partition coefficient (Wildman–Crippen LogP) is 1.56. The maximum absolute atomic E-state index is 12.3. The fourth-order valence-corrected chi connectivity index (χ4v) is 2.90. The van der Waals surface area contributed by atoms with Crippen LogP contribution in [0.1, 0.15) is 59.8 Å². The smallest absolute Gasteiger partial charge is 0.242 e. The highest BCUT2D eigenvalue weighted by Gasteiger charge is 2.29. The van der Waals surface area contributed by atoms with Crippen molar-refractivity contribution in [2.75, 3.05) is 6.54 Å².